The van der Waals surface area contributed by atoms with Gasteiger partial charge in [-0.2, -0.15) is 13.2 Å². The molecule has 0 bridgehead atoms. The molecular formula is C11H13F3N2O2. The van der Waals surface area contributed by atoms with Crippen LogP contribution in [-0.4, -0.2) is 23.8 Å². The zero-order chi connectivity index (χ0) is 13.8. The summed E-state index contributed by atoms with van der Waals surface area (Å²) in [6, 6.07) is 3.86. The second-order valence-corrected chi connectivity index (χ2v) is 3.73. The predicted molar refractivity (Wildman–Crippen MR) is 60.1 cm³/mol. The third-order valence-corrected chi connectivity index (χ3v) is 2.04. The Balaban J connectivity index is 2.76. The van der Waals surface area contributed by atoms with Gasteiger partial charge in [0.1, 0.15) is 0 Å². The van der Waals surface area contributed by atoms with E-state index in [2.05, 4.69) is 10.6 Å². The minimum absolute atomic E-state index is 0.0416. The van der Waals surface area contributed by atoms with Crippen LogP contribution in [0.25, 0.3) is 0 Å². The van der Waals surface area contributed by atoms with Gasteiger partial charge in [0.15, 0.2) is 0 Å². The Hall–Kier alpha value is -1.76. The first-order valence-corrected chi connectivity index (χ1v) is 5.20. The van der Waals surface area contributed by atoms with Crippen molar-refractivity contribution in [2.45, 2.75) is 19.2 Å². The van der Waals surface area contributed by atoms with Gasteiger partial charge in [-0.05, 0) is 19.1 Å². The van der Waals surface area contributed by atoms with Crippen LogP contribution in [0.5, 0.6) is 0 Å². The van der Waals surface area contributed by atoms with Gasteiger partial charge in [0.05, 0.1) is 17.4 Å². The van der Waals surface area contributed by atoms with Gasteiger partial charge < -0.3 is 15.7 Å². The largest absolute Gasteiger partial charge is 0.418 e. The van der Waals surface area contributed by atoms with E-state index in [4.69, 9.17) is 5.11 Å². The lowest BCUT2D eigenvalue weighted by Gasteiger charge is -2.14. The van der Waals surface area contributed by atoms with E-state index in [0.29, 0.717) is 0 Å². The van der Waals surface area contributed by atoms with Crippen molar-refractivity contribution in [3.8, 4) is 0 Å². The maximum absolute atomic E-state index is 12.6. The average Bonchev–Trinajstić information content (AvgIpc) is 2.25. The number of alkyl halides is 3. The summed E-state index contributed by atoms with van der Waals surface area (Å²) in [5.74, 6) is 0. The first-order valence-electron chi connectivity index (χ1n) is 5.20. The number of halogens is 3. The Kier molecular flexibility index (Phi) is 4.55. The van der Waals surface area contributed by atoms with Gasteiger partial charge in [0, 0.05) is 6.54 Å². The summed E-state index contributed by atoms with van der Waals surface area (Å²) in [5, 5.41) is 13.3. The fourth-order valence-electron chi connectivity index (χ4n) is 1.25. The zero-order valence-corrected chi connectivity index (χ0v) is 9.58. The maximum Gasteiger partial charge on any atom is 0.418 e. The molecule has 1 aromatic rings. The number of aliphatic hydroxyl groups is 1. The molecule has 0 spiro atoms. The van der Waals surface area contributed by atoms with Crippen molar-refractivity contribution in [3.63, 3.8) is 0 Å². The predicted octanol–water partition coefficient (Wildman–Crippen LogP) is 2.21. The Morgan fingerprint density at radius 1 is 1.39 bits per heavy atom. The normalized spacial score (nSPS) is 12.9. The van der Waals surface area contributed by atoms with Gasteiger partial charge in [-0.1, -0.05) is 12.1 Å². The number of carbonyl (C=O) groups excluding carboxylic acids is 1. The highest BCUT2D eigenvalue weighted by atomic mass is 19.4. The molecule has 0 aromatic heterocycles. The summed E-state index contributed by atoms with van der Waals surface area (Å²) in [6.45, 7) is 1.41. The molecule has 1 aromatic carbocycles. The fraction of sp³-hybridized carbons (Fsp3) is 0.364. The van der Waals surface area contributed by atoms with Crippen LogP contribution in [0.15, 0.2) is 24.3 Å². The molecule has 0 aliphatic carbocycles. The first kappa shape index (κ1) is 14.3. The molecule has 0 aliphatic rings. The number of anilines is 1. The zero-order valence-electron chi connectivity index (χ0n) is 9.58. The number of carbonyl (C=O) groups is 1. The molecule has 18 heavy (non-hydrogen) atoms. The molecule has 4 nitrogen and oxygen atoms in total. The van der Waals surface area contributed by atoms with Crippen molar-refractivity contribution in [1.82, 2.24) is 5.32 Å². The van der Waals surface area contributed by atoms with Crippen molar-refractivity contribution in [3.05, 3.63) is 29.8 Å². The molecule has 0 radical (unpaired) electrons. The molecule has 1 rings (SSSR count). The molecule has 100 valence electrons. The maximum atomic E-state index is 12.6. The summed E-state index contributed by atoms with van der Waals surface area (Å²) in [6.07, 6.45) is -5.30. The first-order chi connectivity index (χ1) is 8.30. The van der Waals surface area contributed by atoms with E-state index in [0.717, 1.165) is 12.1 Å². The molecular weight excluding hydrogens is 249 g/mol. The third-order valence-electron chi connectivity index (χ3n) is 2.04. The molecule has 7 heteroatoms. The Labute approximate surface area is 102 Å². The number of benzene rings is 1. The molecule has 3 N–H and O–H groups in total. The SMILES string of the molecule is CC(O)CNC(=O)Nc1ccccc1C(F)(F)F. The molecule has 0 aliphatic heterocycles. The number of amides is 2. The van der Waals surface area contributed by atoms with Gasteiger partial charge >= 0.3 is 12.2 Å². The van der Waals surface area contributed by atoms with E-state index in [-0.39, 0.29) is 12.2 Å². The van der Waals surface area contributed by atoms with Crippen molar-refractivity contribution in [2.24, 2.45) is 0 Å². The van der Waals surface area contributed by atoms with Gasteiger partial charge in [0.2, 0.25) is 0 Å². The van der Waals surface area contributed by atoms with Crippen LogP contribution in [0.3, 0.4) is 0 Å². The third kappa shape index (κ3) is 4.25. The molecule has 1 unspecified atom stereocenters. The van der Waals surface area contributed by atoms with Crippen LogP contribution in [0, 0.1) is 0 Å². The lowest BCUT2D eigenvalue weighted by Crippen LogP contribution is -2.34. The monoisotopic (exact) mass is 262 g/mol. The summed E-state index contributed by atoms with van der Waals surface area (Å²) in [5.41, 5.74) is -1.25. The molecule has 0 fully saturated rings. The quantitative estimate of drug-likeness (QED) is 0.782. The second-order valence-electron chi connectivity index (χ2n) is 3.73. The molecule has 0 saturated carbocycles. The topological polar surface area (TPSA) is 61.4 Å². The van der Waals surface area contributed by atoms with Gasteiger partial charge in [0.25, 0.3) is 0 Å². The number of nitrogens with one attached hydrogen (secondary N) is 2. The van der Waals surface area contributed by atoms with Crippen LogP contribution in [-0.2, 0) is 6.18 Å². The minimum Gasteiger partial charge on any atom is -0.392 e. The lowest BCUT2D eigenvalue weighted by molar-refractivity contribution is -0.136. The number of para-hydroxylation sites is 1. The number of hydrogen-bond donors (Lipinski definition) is 3. The van der Waals surface area contributed by atoms with E-state index in [1.165, 1.54) is 19.1 Å². The summed E-state index contributed by atoms with van der Waals surface area (Å²) in [7, 11) is 0. The van der Waals surface area contributed by atoms with Gasteiger partial charge in [-0.15, -0.1) is 0 Å². The smallest absolute Gasteiger partial charge is 0.392 e. The van der Waals surface area contributed by atoms with E-state index >= 15 is 0 Å². The number of rotatable bonds is 3. The van der Waals surface area contributed by atoms with E-state index in [1.807, 2.05) is 0 Å². The highest BCUT2D eigenvalue weighted by Gasteiger charge is 2.33. The van der Waals surface area contributed by atoms with Crippen molar-refractivity contribution >= 4 is 11.7 Å². The van der Waals surface area contributed by atoms with E-state index < -0.39 is 23.9 Å². The Morgan fingerprint density at radius 2 is 2.00 bits per heavy atom. The van der Waals surface area contributed by atoms with Crippen LogP contribution in [0.4, 0.5) is 23.7 Å². The number of urea groups is 1. The van der Waals surface area contributed by atoms with E-state index in [1.54, 1.807) is 0 Å². The van der Waals surface area contributed by atoms with E-state index in [9.17, 15) is 18.0 Å². The standard InChI is InChI=1S/C11H13F3N2O2/c1-7(17)6-15-10(18)16-9-5-3-2-4-8(9)11(12,13)14/h2-5,7,17H,6H2,1H3,(H2,15,16,18). The van der Waals surface area contributed by atoms with Crippen LogP contribution < -0.4 is 10.6 Å². The van der Waals surface area contributed by atoms with Crippen LogP contribution in [0.2, 0.25) is 0 Å². The second kappa shape index (κ2) is 5.72. The fourth-order valence-corrected chi connectivity index (χ4v) is 1.25. The minimum atomic E-state index is -4.53. The Bertz CT molecular complexity index is 419. The summed E-state index contributed by atoms with van der Waals surface area (Å²) in [4.78, 5) is 11.3. The van der Waals surface area contributed by atoms with Gasteiger partial charge in [-0.25, -0.2) is 4.79 Å². The summed E-state index contributed by atoms with van der Waals surface area (Å²) < 4.78 is 37.8. The molecule has 1 atom stereocenters. The average molecular weight is 262 g/mol. The van der Waals surface area contributed by atoms with Crippen LogP contribution in [0.1, 0.15) is 12.5 Å². The van der Waals surface area contributed by atoms with Gasteiger partial charge in [-0.3, -0.25) is 0 Å². The summed E-state index contributed by atoms with van der Waals surface area (Å²) >= 11 is 0. The molecule has 0 saturated heterocycles. The van der Waals surface area contributed by atoms with Crippen molar-refractivity contribution in [2.75, 3.05) is 11.9 Å². The lowest BCUT2D eigenvalue weighted by atomic mass is 10.1. The molecule has 0 heterocycles. The number of aliphatic hydroxyl groups excluding tert-OH is 1. The van der Waals surface area contributed by atoms with Crippen molar-refractivity contribution in [1.29, 1.82) is 0 Å². The highest BCUT2D eigenvalue weighted by molar-refractivity contribution is 5.90. The Morgan fingerprint density at radius 3 is 2.56 bits per heavy atom. The van der Waals surface area contributed by atoms with Crippen LogP contribution >= 0.6 is 0 Å². The van der Waals surface area contributed by atoms with Crippen molar-refractivity contribution < 1.29 is 23.1 Å². The number of hydrogen-bond acceptors (Lipinski definition) is 2. The molecule has 2 amide bonds. The highest BCUT2D eigenvalue weighted by Crippen LogP contribution is 2.34.